The van der Waals surface area contributed by atoms with E-state index >= 15 is 0 Å². The molecule has 0 aromatic carbocycles. The maximum absolute atomic E-state index is 13.0. The molecule has 0 aliphatic carbocycles. The van der Waals surface area contributed by atoms with Crippen LogP contribution in [0.2, 0.25) is 0 Å². The fourth-order valence-corrected chi connectivity index (χ4v) is 3.47. The molecule has 7 heteroatoms. The van der Waals surface area contributed by atoms with Crippen LogP contribution in [0.3, 0.4) is 0 Å². The van der Waals surface area contributed by atoms with Gasteiger partial charge >= 0.3 is 17.9 Å². The molecule has 194 valence electrons. The molecular weight excluding hydrogens is 424 g/mol. The average molecular weight is 473 g/mol. The van der Waals surface area contributed by atoms with Crippen LogP contribution in [0.5, 0.6) is 0 Å². The summed E-state index contributed by atoms with van der Waals surface area (Å²) in [6.45, 7) is 8.60. The van der Waals surface area contributed by atoms with E-state index in [0.29, 0.717) is 25.7 Å². The minimum Gasteiger partial charge on any atom is -0.466 e. The van der Waals surface area contributed by atoms with E-state index in [1.54, 1.807) is 0 Å². The molecule has 0 saturated heterocycles. The summed E-state index contributed by atoms with van der Waals surface area (Å²) < 4.78 is 15.9. The lowest BCUT2D eigenvalue weighted by atomic mass is 9.80. The zero-order valence-electron chi connectivity index (χ0n) is 21.5. The van der Waals surface area contributed by atoms with E-state index in [4.69, 9.17) is 14.2 Å². The molecule has 0 spiro atoms. The maximum atomic E-state index is 13.0. The second-order valence-corrected chi connectivity index (χ2v) is 8.79. The Balaban J connectivity index is 5.54. The van der Waals surface area contributed by atoms with Gasteiger partial charge in [0.2, 0.25) is 0 Å². The van der Waals surface area contributed by atoms with Gasteiger partial charge in [0.15, 0.2) is 5.60 Å². The molecule has 0 bridgehead atoms. The Bertz CT molecular complexity index is 535. The maximum Gasteiger partial charge on any atom is 0.339 e. The summed E-state index contributed by atoms with van der Waals surface area (Å²) in [5.41, 5.74) is -2.30. The van der Waals surface area contributed by atoms with E-state index in [1.807, 2.05) is 20.8 Å². The van der Waals surface area contributed by atoms with Crippen molar-refractivity contribution in [3.8, 4) is 0 Å². The molecular formula is C26H48O7. The van der Waals surface area contributed by atoms with Gasteiger partial charge in [0.25, 0.3) is 0 Å². The van der Waals surface area contributed by atoms with E-state index < -0.39 is 35.8 Å². The lowest BCUT2D eigenvalue weighted by molar-refractivity contribution is -0.187. The Morgan fingerprint density at radius 3 is 1.73 bits per heavy atom. The van der Waals surface area contributed by atoms with Gasteiger partial charge < -0.3 is 19.3 Å². The molecule has 0 aromatic heterocycles. The van der Waals surface area contributed by atoms with Crippen LogP contribution in [0.4, 0.5) is 0 Å². The molecule has 0 saturated carbocycles. The number of ether oxygens (including phenoxy) is 3. The van der Waals surface area contributed by atoms with Crippen molar-refractivity contribution in [1.29, 1.82) is 0 Å². The molecule has 2 atom stereocenters. The quantitative estimate of drug-likeness (QED) is 0.134. The number of esters is 3. The fraction of sp³-hybridized carbons (Fsp3) is 0.885. The van der Waals surface area contributed by atoms with Crippen molar-refractivity contribution < 1.29 is 33.7 Å². The van der Waals surface area contributed by atoms with E-state index in [0.717, 1.165) is 51.4 Å². The third-order valence-corrected chi connectivity index (χ3v) is 5.71. The number of unbranched alkanes of at least 4 members (excludes halogenated alkanes) is 8. The molecule has 0 amide bonds. The van der Waals surface area contributed by atoms with Crippen LogP contribution in [-0.2, 0) is 28.6 Å². The van der Waals surface area contributed by atoms with Crippen LogP contribution in [0.25, 0.3) is 0 Å². The first kappa shape index (κ1) is 31.4. The van der Waals surface area contributed by atoms with Gasteiger partial charge in [0.1, 0.15) is 0 Å². The highest BCUT2D eigenvalue weighted by molar-refractivity contribution is 5.91. The van der Waals surface area contributed by atoms with Crippen molar-refractivity contribution in [2.45, 2.75) is 123 Å². The van der Waals surface area contributed by atoms with Gasteiger partial charge in [-0.25, -0.2) is 4.79 Å². The number of aliphatic hydroxyl groups is 1. The fourth-order valence-electron chi connectivity index (χ4n) is 3.47. The van der Waals surface area contributed by atoms with Crippen LogP contribution in [0, 0.1) is 5.92 Å². The second kappa shape index (κ2) is 19.8. The Hall–Kier alpha value is -1.63. The van der Waals surface area contributed by atoms with Gasteiger partial charge in [0, 0.05) is 0 Å². The highest BCUT2D eigenvalue weighted by Crippen LogP contribution is 2.31. The first-order valence-corrected chi connectivity index (χ1v) is 13.1. The number of carbonyl (C=O) groups excluding carboxylic acids is 3. The Morgan fingerprint density at radius 1 is 0.667 bits per heavy atom. The van der Waals surface area contributed by atoms with E-state index in [-0.39, 0.29) is 26.2 Å². The van der Waals surface area contributed by atoms with Crippen LogP contribution >= 0.6 is 0 Å². The van der Waals surface area contributed by atoms with E-state index in [9.17, 15) is 19.5 Å². The van der Waals surface area contributed by atoms with Crippen molar-refractivity contribution in [3.63, 3.8) is 0 Å². The number of hydrogen-bond acceptors (Lipinski definition) is 7. The molecule has 0 heterocycles. The van der Waals surface area contributed by atoms with Gasteiger partial charge in [-0.15, -0.1) is 0 Å². The van der Waals surface area contributed by atoms with Crippen molar-refractivity contribution in [3.05, 3.63) is 0 Å². The molecule has 2 unspecified atom stereocenters. The highest BCUT2D eigenvalue weighted by atomic mass is 16.6. The van der Waals surface area contributed by atoms with Crippen molar-refractivity contribution in [1.82, 2.24) is 0 Å². The summed E-state index contributed by atoms with van der Waals surface area (Å²) in [6.07, 6.45) is 10.1. The van der Waals surface area contributed by atoms with Crippen LogP contribution in [0.1, 0.15) is 118 Å². The average Bonchev–Trinajstić information content (AvgIpc) is 2.78. The molecule has 0 fully saturated rings. The lowest BCUT2D eigenvalue weighted by Crippen LogP contribution is -2.52. The van der Waals surface area contributed by atoms with Crippen molar-refractivity contribution in [2.75, 3.05) is 19.8 Å². The Kier molecular flexibility index (Phi) is 18.8. The highest BCUT2D eigenvalue weighted by Gasteiger charge is 2.51. The Morgan fingerprint density at radius 2 is 1.15 bits per heavy atom. The number of hydrogen-bond donors (Lipinski definition) is 1. The molecule has 0 radical (unpaired) electrons. The van der Waals surface area contributed by atoms with Crippen LogP contribution < -0.4 is 0 Å². The van der Waals surface area contributed by atoms with Gasteiger partial charge in [-0.2, -0.15) is 0 Å². The minimum atomic E-state index is -2.30. The summed E-state index contributed by atoms with van der Waals surface area (Å²) in [6, 6.07) is 0. The minimum absolute atomic E-state index is 0.122. The molecule has 7 nitrogen and oxygen atoms in total. The molecule has 33 heavy (non-hydrogen) atoms. The molecule has 0 aliphatic heterocycles. The van der Waals surface area contributed by atoms with E-state index in [2.05, 4.69) is 6.92 Å². The largest absolute Gasteiger partial charge is 0.466 e. The second-order valence-electron chi connectivity index (χ2n) is 8.79. The SMILES string of the molecule is CCCCCCCCC(C(=O)OCCCC)C(O)(CC(=O)OCCCC)C(=O)OCCCC. The van der Waals surface area contributed by atoms with Crippen molar-refractivity contribution in [2.24, 2.45) is 5.92 Å². The predicted octanol–water partition coefficient (Wildman–Crippen LogP) is 5.50. The predicted molar refractivity (Wildman–Crippen MR) is 129 cm³/mol. The lowest BCUT2D eigenvalue weighted by Gasteiger charge is -2.32. The van der Waals surface area contributed by atoms with Gasteiger partial charge in [-0.3, -0.25) is 9.59 Å². The zero-order chi connectivity index (χ0) is 25.0. The number of carbonyl (C=O) groups is 3. The molecule has 0 aromatic rings. The third-order valence-electron chi connectivity index (χ3n) is 5.71. The third kappa shape index (κ3) is 13.6. The van der Waals surface area contributed by atoms with Crippen LogP contribution in [-0.4, -0.2) is 48.4 Å². The first-order chi connectivity index (χ1) is 15.9. The zero-order valence-corrected chi connectivity index (χ0v) is 21.5. The summed E-state index contributed by atoms with van der Waals surface area (Å²) >= 11 is 0. The van der Waals surface area contributed by atoms with Gasteiger partial charge in [-0.05, 0) is 25.7 Å². The van der Waals surface area contributed by atoms with Crippen LogP contribution in [0.15, 0.2) is 0 Å². The molecule has 0 rings (SSSR count). The standard InChI is InChI=1S/C26H48O7/c1-5-9-13-14-15-16-17-22(24(28)32-19-11-7-3)26(30,25(29)33-20-12-8-4)21-23(27)31-18-10-6-2/h22,30H,5-21H2,1-4H3. The van der Waals surface area contributed by atoms with Crippen molar-refractivity contribution >= 4 is 17.9 Å². The summed E-state index contributed by atoms with van der Waals surface area (Å²) in [4.78, 5) is 38.4. The summed E-state index contributed by atoms with van der Waals surface area (Å²) in [7, 11) is 0. The Labute approximate surface area is 200 Å². The smallest absolute Gasteiger partial charge is 0.339 e. The van der Waals surface area contributed by atoms with Gasteiger partial charge in [-0.1, -0.05) is 85.5 Å². The summed E-state index contributed by atoms with van der Waals surface area (Å²) in [5.74, 6) is -3.50. The number of rotatable bonds is 21. The first-order valence-electron chi connectivity index (χ1n) is 13.1. The molecule has 1 N–H and O–H groups in total. The monoisotopic (exact) mass is 472 g/mol. The molecule has 0 aliphatic rings. The van der Waals surface area contributed by atoms with Gasteiger partial charge in [0.05, 0.1) is 32.2 Å². The van der Waals surface area contributed by atoms with E-state index in [1.165, 1.54) is 0 Å². The normalized spacial score (nSPS) is 13.7. The topological polar surface area (TPSA) is 99.1 Å². The summed E-state index contributed by atoms with van der Waals surface area (Å²) in [5, 5.41) is 11.5.